The maximum atomic E-state index is 11.1. The molecule has 1 aliphatic rings. The van der Waals surface area contributed by atoms with Gasteiger partial charge in [-0.05, 0) is 25.3 Å². The van der Waals surface area contributed by atoms with Crippen LogP contribution in [0, 0.1) is 16.0 Å². The number of nitro benzene ring substituents is 1. The zero-order valence-corrected chi connectivity index (χ0v) is 12.5. The van der Waals surface area contributed by atoms with E-state index in [0.717, 1.165) is 12.8 Å². The Kier molecular flexibility index (Phi) is 4.90. The Hall–Kier alpha value is -1.53. The summed E-state index contributed by atoms with van der Waals surface area (Å²) < 4.78 is 0. The van der Waals surface area contributed by atoms with Crippen molar-refractivity contribution < 1.29 is 14.8 Å². The number of carboxylic acid groups (broad SMARTS) is 1. The molecule has 0 saturated heterocycles. The molecule has 0 bridgehead atoms. The van der Waals surface area contributed by atoms with Crippen molar-refractivity contribution in [2.24, 2.45) is 5.92 Å². The Morgan fingerprint density at radius 1 is 1.33 bits per heavy atom. The highest BCUT2D eigenvalue weighted by Gasteiger charge is 2.28. The average Bonchev–Trinajstić information content (AvgIpc) is 2.42. The van der Waals surface area contributed by atoms with Crippen LogP contribution in [0.4, 0.5) is 11.4 Å². The summed E-state index contributed by atoms with van der Waals surface area (Å²) in [6, 6.07) is 2.48. The third-order valence-corrected chi connectivity index (χ3v) is 4.34. The second-order valence-corrected chi connectivity index (χ2v) is 5.90. The smallest absolute Gasteiger partial charge is 0.306 e. The van der Waals surface area contributed by atoms with Crippen molar-refractivity contribution in [2.75, 3.05) is 5.32 Å². The van der Waals surface area contributed by atoms with Crippen LogP contribution in [0.15, 0.2) is 12.1 Å². The molecule has 0 aliphatic heterocycles. The van der Waals surface area contributed by atoms with Crippen LogP contribution in [0.5, 0.6) is 0 Å². The molecule has 1 fully saturated rings. The van der Waals surface area contributed by atoms with Crippen LogP contribution in [0.3, 0.4) is 0 Å². The van der Waals surface area contributed by atoms with Gasteiger partial charge >= 0.3 is 5.97 Å². The molecular weight excluding hydrogens is 319 g/mol. The largest absolute Gasteiger partial charge is 0.481 e. The lowest BCUT2D eigenvalue weighted by Crippen LogP contribution is -2.31. The quantitative estimate of drug-likeness (QED) is 0.643. The minimum Gasteiger partial charge on any atom is -0.481 e. The van der Waals surface area contributed by atoms with Crippen molar-refractivity contribution in [3.8, 4) is 0 Å². The Morgan fingerprint density at radius 2 is 2.00 bits per heavy atom. The van der Waals surface area contributed by atoms with Gasteiger partial charge in [0.05, 0.1) is 20.9 Å². The molecule has 2 atom stereocenters. The summed E-state index contributed by atoms with van der Waals surface area (Å²) in [5.74, 6) is -1.25. The fraction of sp³-hybridized carbons (Fsp3) is 0.462. The molecule has 114 valence electrons. The molecule has 8 heteroatoms. The van der Waals surface area contributed by atoms with Crippen LogP contribution in [0.2, 0.25) is 10.0 Å². The second kappa shape index (κ2) is 6.49. The fourth-order valence-electron chi connectivity index (χ4n) is 2.57. The van der Waals surface area contributed by atoms with Gasteiger partial charge in [0.2, 0.25) is 0 Å². The molecule has 2 rings (SSSR count). The fourth-order valence-corrected chi connectivity index (χ4v) is 2.89. The third-order valence-electron chi connectivity index (χ3n) is 3.62. The Bertz CT molecular complexity index is 580. The van der Waals surface area contributed by atoms with E-state index in [2.05, 4.69) is 5.32 Å². The molecule has 1 aromatic rings. The highest BCUT2D eigenvalue weighted by molar-refractivity contribution is 6.42. The molecule has 0 amide bonds. The zero-order valence-electron chi connectivity index (χ0n) is 11.0. The van der Waals surface area contributed by atoms with Gasteiger partial charge in [-0.2, -0.15) is 0 Å². The van der Waals surface area contributed by atoms with E-state index < -0.39 is 16.8 Å². The number of nitrogens with one attached hydrogen (secondary N) is 1. The lowest BCUT2D eigenvalue weighted by Gasteiger charge is -2.28. The van der Waals surface area contributed by atoms with Gasteiger partial charge < -0.3 is 10.4 Å². The van der Waals surface area contributed by atoms with Gasteiger partial charge in [-0.15, -0.1) is 0 Å². The molecule has 0 heterocycles. The van der Waals surface area contributed by atoms with E-state index in [-0.39, 0.29) is 27.5 Å². The van der Waals surface area contributed by atoms with E-state index in [1.807, 2.05) is 0 Å². The Morgan fingerprint density at radius 3 is 2.62 bits per heavy atom. The van der Waals surface area contributed by atoms with E-state index in [0.29, 0.717) is 12.8 Å². The molecule has 21 heavy (non-hydrogen) atoms. The van der Waals surface area contributed by atoms with E-state index in [9.17, 15) is 14.9 Å². The van der Waals surface area contributed by atoms with Crippen molar-refractivity contribution >= 4 is 40.5 Å². The van der Waals surface area contributed by atoms with Crippen molar-refractivity contribution in [2.45, 2.75) is 31.7 Å². The maximum absolute atomic E-state index is 11.1. The molecule has 1 saturated carbocycles. The normalized spacial score (nSPS) is 21.8. The molecule has 1 aromatic carbocycles. The number of nitro groups is 1. The number of hydrogen-bond acceptors (Lipinski definition) is 4. The number of hydrogen-bond donors (Lipinski definition) is 2. The zero-order chi connectivity index (χ0) is 15.6. The predicted octanol–water partition coefficient (Wildman–Crippen LogP) is 3.96. The SMILES string of the molecule is O=C(O)C1CCCC(Nc2cc(Cl)c(Cl)cc2[N+](=O)[O-])C1. The number of rotatable bonds is 4. The van der Waals surface area contributed by atoms with Gasteiger partial charge in [-0.25, -0.2) is 0 Å². The maximum Gasteiger partial charge on any atom is 0.306 e. The van der Waals surface area contributed by atoms with Crippen molar-refractivity contribution in [1.29, 1.82) is 0 Å². The summed E-state index contributed by atoms with van der Waals surface area (Å²) in [5, 5.41) is 23.5. The van der Waals surface area contributed by atoms with Gasteiger partial charge in [0, 0.05) is 12.1 Å². The van der Waals surface area contributed by atoms with Crippen molar-refractivity contribution in [3.63, 3.8) is 0 Å². The Balaban J connectivity index is 2.20. The first-order valence-electron chi connectivity index (χ1n) is 6.51. The van der Waals surface area contributed by atoms with Crippen LogP contribution >= 0.6 is 23.2 Å². The molecule has 0 aromatic heterocycles. The molecule has 0 spiro atoms. The highest BCUT2D eigenvalue weighted by atomic mass is 35.5. The first-order valence-corrected chi connectivity index (χ1v) is 7.27. The minimum atomic E-state index is -0.829. The second-order valence-electron chi connectivity index (χ2n) is 5.08. The Labute approximate surface area is 131 Å². The van der Waals surface area contributed by atoms with Crippen molar-refractivity contribution in [3.05, 3.63) is 32.3 Å². The minimum absolute atomic E-state index is 0.112. The third kappa shape index (κ3) is 3.77. The lowest BCUT2D eigenvalue weighted by molar-refractivity contribution is -0.384. The standard InChI is InChI=1S/C13H14Cl2N2O4/c14-9-5-11(12(17(20)21)6-10(9)15)16-8-3-1-2-7(4-8)13(18)19/h5-8,16H,1-4H2,(H,18,19). The van der Waals surface area contributed by atoms with Crippen LogP contribution in [0.1, 0.15) is 25.7 Å². The van der Waals surface area contributed by atoms with Crippen LogP contribution in [0.25, 0.3) is 0 Å². The molecular formula is C13H14Cl2N2O4. The van der Waals surface area contributed by atoms with Gasteiger partial charge in [0.15, 0.2) is 0 Å². The van der Waals surface area contributed by atoms with Gasteiger partial charge in [0.1, 0.15) is 5.69 Å². The number of carbonyl (C=O) groups is 1. The molecule has 1 aliphatic carbocycles. The molecule has 0 radical (unpaired) electrons. The summed E-state index contributed by atoms with van der Waals surface area (Å²) in [5.41, 5.74) is 0.104. The monoisotopic (exact) mass is 332 g/mol. The number of benzene rings is 1. The number of halogens is 2. The summed E-state index contributed by atoms with van der Waals surface area (Å²) in [6.07, 6.45) is 2.61. The summed E-state index contributed by atoms with van der Waals surface area (Å²) >= 11 is 11.7. The first-order chi connectivity index (χ1) is 9.88. The van der Waals surface area contributed by atoms with Crippen molar-refractivity contribution in [1.82, 2.24) is 0 Å². The average molecular weight is 333 g/mol. The van der Waals surface area contributed by atoms with E-state index in [1.165, 1.54) is 12.1 Å². The van der Waals surface area contributed by atoms with Gasteiger partial charge in [0.25, 0.3) is 5.69 Å². The summed E-state index contributed by atoms with van der Waals surface area (Å²) in [7, 11) is 0. The topological polar surface area (TPSA) is 92.5 Å². The number of carboxylic acids is 1. The molecule has 2 N–H and O–H groups in total. The molecule has 2 unspecified atom stereocenters. The number of anilines is 1. The number of aliphatic carboxylic acids is 1. The summed E-state index contributed by atoms with van der Waals surface area (Å²) in [6.45, 7) is 0. The highest BCUT2D eigenvalue weighted by Crippen LogP contribution is 2.36. The van der Waals surface area contributed by atoms with Crippen LogP contribution in [-0.2, 0) is 4.79 Å². The van der Waals surface area contributed by atoms with Crippen LogP contribution in [-0.4, -0.2) is 22.0 Å². The van der Waals surface area contributed by atoms with E-state index in [4.69, 9.17) is 28.3 Å². The molecule has 6 nitrogen and oxygen atoms in total. The predicted molar refractivity (Wildman–Crippen MR) is 80.1 cm³/mol. The van der Waals surface area contributed by atoms with Gasteiger partial charge in [-0.1, -0.05) is 29.6 Å². The number of nitrogens with zero attached hydrogens (tertiary/aromatic N) is 1. The van der Waals surface area contributed by atoms with Crippen LogP contribution < -0.4 is 5.32 Å². The lowest BCUT2D eigenvalue weighted by atomic mass is 9.85. The van der Waals surface area contributed by atoms with E-state index in [1.54, 1.807) is 0 Å². The summed E-state index contributed by atoms with van der Waals surface area (Å²) in [4.78, 5) is 21.6. The first kappa shape index (κ1) is 15.9. The van der Waals surface area contributed by atoms with Gasteiger partial charge in [-0.3, -0.25) is 14.9 Å². The van der Waals surface area contributed by atoms with E-state index >= 15 is 0 Å².